The molecule has 96 valence electrons. The SMILES string of the molecule is COc1cccc2c1CC(c1ccccc1)CC2=O. The van der Waals surface area contributed by atoms with Gasteiger partial charge in [0.2, 0.25) is 0 Å². The minimum absolute atomic E-state index is 0.217. The third kappa shape index (κ3) is 2.14. The first-order valence-electron chi connectivity index (χ1n) is 6.53. The Morgan fingerprint density at radius 1 is 1.00 bits per heavy atom. The van der Waals surface area contributed by atoms with Crippen LogP contribution in [0.5, 0.6) is 5.75 Å². The van der Waals surface area contributed by atoms with E-state index >= 15 is 0 Å². The van der Waals surface area contributed by atoms with E-state index in [0.29, 0.717) is 6.42 Å². The van der Waals surface area contributed by atoms with Gasteiger partial charge in [0, 0.05) is 17.5 Å². The van der Waals surface area contributed by atoms with Crippen LogP contribution in [0.1, 0.15) is 33.8 Å². The number of rotatable bonds is 2. The predicted octanol–water partition coefficient (Wildman–Crippen LogP) is 3.61. The van der Waals surface area contributed by atoms with Crippen LogP contribution >= 0.6 is 0 Å². The van der Waals surface area contributed by atoms with E-state index in [-0.39, 0.29) is 11.7 Å². The molecule has 0 radical (unpaired) electrons. The van der Waals surface area contributed by atoms with Gasteiger partial charge >= 0.3 is 0 Å². The van der Waals surface area contributed by atoms with Crippen LogP contribution in [0.3, 0.4) is 0 Å². The Morgan fingerprint density at radius 3 is 2.53 bits per heavy atom. The number of carbonyl (C=O) groups is 1. The molecule has 3 rings (SSSR count). The van der Waals surface area contributed by atoms with Gasteiger partial charge in [-0.05, 0) is 24.0 Å². The van der Waals surface area contributed by atoms with E-state index in [0.717, 1.165) is 23.3 Å². The number of ketones is 1. The predicted molar refractivity (Wildman–Crippen MR) is 74.8 cm³/mol. The topological polar surface area (TPSA) is 26.3 Å². The van der Waals surface area contributed by atoms with Crippen LogP contribution in [0.25, 0.3) is 0 Å². The molecule has 0 bridgehead atoms. The van der Waals surface area contributed by atoms with E-state index in [1.165, 1.54) is 5.56 Å². The molecule has 0 fully saturated rings. The van der Waals surface area contributed by atoms with Crippen molar-refractivity contribution in [3.63, 3.8) is 0 Å². The fourth-order valence-electron chi connectivity index (χ4n) is 2.84. The number of hydrogen-bond acceptors (Lipinski definition) is 2. The molecule has 2 aromatic carbocycles. The van der Waals surface area contributed by atoms with Crippen molar-refractivity contribution in [2.24, 2.45) is 0 Å². The van der Waals surface area contributed by atoms with Crippen LogP contribution in [0.15, 0.2) is 48.5 Å². The molecule has 0 saturated carbocycles. The van der Waals surface area contributed by atoms with Gasteiger partial charge in [-0.25, -0.2) is 0 Å². The van der Waals surface area contributed by atoms with Gasteiger partial charge in [0.15, 0.2) is 5.78 Å². The second-order valence-electron chi connectivity index (χ2n) is 4.93. The Bertz CT molecular complexity index is 602. The summed E-state index contributed by atoms with van der Waals surface area (Å²) in [7, 11) is 1.66. The average molecular weight is 252 g/mol. The van der Waals surface area contributed by atoms with E-state index in [2.05, 4.69) is 12.1 Å². The van der Waals surface area contributed by atoms with E-state index in [9.17, 15) is 4.79 Å². The summed E-state index contributed by atoms with van der Waals surface area (Å²) >= 11 is 0. The van der Waals surface area contributed by atoms with Crippen molar-refractivity contribution in [1.82, 2.24) is 0 Å². The van der Waals surface area contributed by atoms with Crippen molar-refractivity contribution in [2.75, 3.05) is 7.11 Å². The van der Waals surface area contributed by atoms with Crippen LogP contribution in [0.2, 0.25) is 0 Å². The van der Waals surface area contributed by atoms with Crippen LogP contribution in [0.4, 0.5) is 0 Å². The van der Waals surface area contributed by atoms with Gasteiger partial charge in [-0.15, -0.1) is 0 Å². The highest BCUT2D eigenvalue weighted by atomic mass is 16.5. The fraction of sp³-hybridized carbons (Fsp3) is 0.235. The molecule has 2 nitrogen and oxygen atoms in total. The van der Waals surface area contributed by atoms with E-state index < -0.39 is 0 Å². The summed E-state index contributed by atoms with van der Waals surface area (Å²) in [4.78, 5) is 12.3. The third-order valence-electron chi connectivity index (χ3n) is 3.81. The zero-order chi connectivity index (χ0) is 13.2. The number of hydrogen-bond donors (Lipinski definition) is 0. The number of benzene rings is 2. The molecule has 19 heavy (non-hydrogen) atoms. The standard InChI is InChI=1S/C17H16O2/c1-19-17-9-5-8-14-15(17)10-13(11-16(14)18)12-6-3-2-4-7-12/h2-9,13H,10-11H2,1H3. The monoisotopic (exact) mass is 252 g/mol. The number of Topliss-reactive ketones (excluding diaryl/α,β-unsaturated/α-hetero) is 1. The normalized spacial score (nSPS) is 17.9. The molecule has 1 aliphatic carbocycles. The number of methoxy groups -OCH3 is 1. The molecule has 0 saturated heterocycles. The molecule has 0 amide bonds. The molecule has 2 heteroatoms. The lowest BCUT2D eigenvalue weighted by molar-refractivity contribution is 0.0963. The fourth-order valence-corrected chi connectivity index (χ4v) is 2.84. The zero-order valence-electron chi connectivity index (χ0n) is 10.9. The Labute approximate surface area is 113 Å². The van der Waals surface area contributed by atoms with Gasteiger partial charge in [0.05, 0.1) is 7.11 Å². The van der Waals surface area contributed by atoms with Crippen molar-refractivity contribution < 1.29 is 9.53 Å². The maximum absolute atomic E-state index is 12.3. The summed E-state index contributed by atoms with van der Waals surface area (Å²) in [5.74, 6) is 1.30. The quantitative estimate of drug-likeness (QED) is 0.816. The van der Waals surface area contributed by atoms with Crippen LogP contribution < -0.4 is 4.74 Å². The second kappa shape index (κ2) is 4.88. The molecule has 0 heterocycles. The molecule has 1 aliphatic rings. The maximum Gasteiger partial charge on any atom is 0.163 e. The lowest BCUT2D eigenvalue weighted by Gasteiger charge is -2.25. The Morgan fingerprint density at radius 2 is 1.79 bits per heavy atom. The van der Waals surface area contributed by atoms with Crippen molar-refractivity contribution in [2.45, 2.75) is 18.8 Å². The van der Waals surface area contributed by atoms with Crippen molar-refractivity contribution >= 4 is 5.78 Å². The zero-order valence-corrected chi connectivity index (χ0v) is 10.9. The van der Waals surface area contributed by atoms with Gasteiger partial charge < -0.3 is 4.74 Å². The maximum atomic E-state index is 12.3. The van der Waals surface area contributed by atoms with Gasteiger partial charge in [-0.2, -0.15) is 0 Å². The van der Waals surface area contributed by atoms with Crippen LogP contribution in [0, 0.1) is 0 Å². The highest BCUT2D eigenvalue weighted by Crippen LogP contribution is 2.36. The Kier molecular flexibility index (Phi) is 3.08. The molecule has 1 unspecified atom stereocenters. The highest BCUT2D eigenvalue weighted by Gasteiger charge is 2.28. The summed E-state index contributed by atoms with van der Waals surface area (Å²) in [6.07, 6.45) is 1.46. The second-order valence-corrected chi connectivity index (χ2v) is 4.93. The molecule has 1 atom stereocenters. The van der Waals surface area contributed by atoms with Gasteiger partial charge in [-0.1, -0.05) is 42.5 Å². The smallest absolute Gasteiger partial charge is 0.163 e. The van der Waals surface area contributed by atoms with Crippen LogP contribution in [-0.4, -0.2) is 12.9 Å². The van der Waals surface area contributed by atoms with Gasteiger partial charge in [0.25, 0.3) is 0 Å². The lowest BCUT2D eigenvalue weighted by atomic mass is 9.79. The van der Waals surface area contributed by atoms with E-state index in [1.54, 1.807) is 7.11 Å². The first-order chi connectivity index (χ1) is 9.29. The van der Waals surface area contributed by atoms with Crippen molar-refractivity contribution in [3.8, 4) is 5.75 Å². The molecule has 2 aromatic rings. The van der Waals surface area contributed by atoms with E-state index in [4.69, 9.17) is 4.74 Å². The first-order valence-corrected chi connectivity index (χ1v) is 6.53. The van der Waals surface area contributed by atoms with E-state index in [1.807, 2.05) is 36.4 Å². The summed E-state index contributed by atoms with van der Waals surface area (Å²) in [6.45, 7) is 0. The molecule has 0 N–H and O–H groups in total. The van der Waals surface area contributed by atoms with Gasteiger partial charge in [-0.3, -0.25) is 4.79 Å². The third-order valence-corrected chi connectivity index (χ3v) is 3.81. The lowest BCUT2D eigenvalue weighted by Crippen LogP contribution is -2.19. The summed E-state index contributed by atoms with van der Waals surface area (Å²) in [6, 6.07) is 16.0. The highest BCUT2D eigenvalue weighted by molar-refractivity contribution is 5.99. The molecule has 0 spiro atoms. The molecular weight excluding hydrogens is 236 g/mol. The van der Waals surface area contributed by atoms with Crippen LogP contribution in [-0.2, 0) is 6.42 Å². The van der Waals surface area contributed by atoms with Crippen molar-refractivity contribution in [3.05, 3.63) is 65.2 Å². The largest absolute Gasteiger partial charge is 0.496 e. The first kappa shape index (κ1) is 12.0. The summed E-state index contributed by atoms with van der Waals surface area (Å²) in [5.41, 5.74) is 3.11. The summed E-state index contributed by atoms with van der Waals surface area (Å²) < 4.78 is 5.39. The Balaban J connectivity index is 2.02. The molecule has 0 aromatic heterocycles. The minimum Gasteiger partial charge on any atom is -0.496 e. The number of fused-ring (bicyclic) bond motifs is 1. The average Bonchev–Trinajstić information content (AvgIpc) is 2.47. The molecular formula is C17H16O2. The number of carbonyl (C=O) groups excluding carboxylic acids is 1. The molecule has 0 aliphatic heterocycles. The Hall–Kier alpha value is -2.09. The minimum atomic E-state index is 0.217. The number of ether oxygens (including phenoxy) is 1. The van der Waals surface area contributed by atoms with Gasteiger partial charge in [0.1, 0.15) is 5.75 Å². The van der Waals surface area contributed by atoms with Crippen molar-refractivity contribution in [1.29, 1.82) is 0 Å². The summed E-state index contributed by atoms with van der Waals surface area (Å²) in [5, 5.41) is 0.